The van der Waals surface area contributed by atoms with Crippen molar-refractivity contribution in [2.45, 2.75) is 18.6 Å². The first-order valence-electron chi connectivity index (χ1n) is 9.76. The number of hydrogen-bond acceptors (Lipinski definition) is 7. The second kappa shape index (κ2) is 9.15. The number of carbonyl (C=O) groups excluding carboxylic acids is 1. The summed E-state index contributed by atoms with van der Waals surface area (Å²) in [5, 5.41) is 20.4. The molecule has 0 saturated carbocycles. The molecule has 1 unspecified atom stereocenters. The van der Waals surface area contributed by atoms with Gasteiger partial charge in [-0.05, 0) is 30.3 Å². The molecule has 1 atom stereocenters. The standard InChI is InChI=1S/C21H13ClF3N7O3/c1-31-16(2-3-28-31)15-7-13(29-30-19(15)33)9-32-10-27-18(21(23,24)25)17(20(32)34)35-14-5-11(8-26)4-12(22)6-14/h2-7,10,15H,9H2,1H3. The van der Waals surface area contributed by atoms with Crippen molar-refractivity contribution in [1.82, 2.24) is 19.3 Å². The lowest BCUT2D eigenvalue weighted by Crippen LogP contribution is -2.27. The Morgan fingerprint density at radius 2 is 2.00 bits per heavy atom. The number of azo groups is 1. The molecular formula is C21H13ClF3N7O3. The van der Waals surface area contributed by atoms with E-state index in [1.165, 1.54) is 23.0 Å². The number of allylic oxidation sites excluding steroid dienone is 1. The number of ether oxygens (including phenoxy) is 1. The van der Waals surface area contributed by atoms with Gasteiger partial charge in [0, 0.05) is 18.3 Å². The molecule has 3 aromatic rings. The summed E-state index contributed by atoms with van der Waals surface area (Å²) in [4.78, 5) is 28.6. The van der Waals surface area contributed by atoms with Crippen LogP contribution in [0.25, 0.3) is 0 Å². The van der Waals surface area contributed by atoms with Gasteiger partial charge in [0.25, 0.3) is 11.5 Å². The smallest absolute Gasteiger partial charge is 0.437 e. The zero-order valence-electron chi connectivity index (χ0n) is 17.7. The summed E-state index contributed by atoms with van der Waals surface area (Å²) < 4.78 is 48.3. The fourth-order valence-electron chi connectivity index (χ4n) is 3.31. The summed E-state index contributed by atoms with van der Waals surface area (Å²) in [6.45, 7) is -0.343. The van der Waals surface area contributed by atoms with Crippen molar-refractivity contribution in [2.24, 2.45) is 17.3 Å². The van der Waals surface area contributed by atoms with Crippen molar-refractivity contribution >= 4 is 17.5 Å². The molecule has 2 aromatic heterocycles. The molecule has 1 aliphatic rings. The molecule has 0 radical (unpaired) electrons. The molecule has 1 aliphatic heterocycles. The van der Waals surface area contributed by atoms with Gasteiger partial charge < -0.3 is 4.74 Å². The van der Waals surface area contributed by atoms with Gasteiger partial charge in [0.1, 0.15) is 11.7 Å². The molecule has 1 amide bonds. The molecule has 0 spiro atoms. The van der Waals surface area contributed by atoms with E-state index in [1.54, 1.807) is 19.2 Å². The second-order valence-corrected chi connectivity index (χ2v) is 7.73. The normalized spacial score (nSPS) is 15.6. The summed E-state index contributed by atoms with van der Waals surface area (Å²) in [7, 11) is 1.63. The Balaban J connectivity index is 1.73. The van der Waals surface area contributed by atoms with E-state index in [0.717, 1.165) is 16.7 Å². The third-order valence-electron chi connectivity index (χ3n) is 4.90. The van der Waals surface area contributed by atoms with Crippen molar-refractivity contribution in [3.05, 3.63) is 80.9 Å². The van der Waals surface area contributed by atoms with Crippen molar-refractivity contribution in [2.75, 3.05) is 0 Å². The molecule has 1 aromatic carbocycles. The average Bonchev–Trinajstić information content (AvgIpc) is 3.22. The number of hydrogen-bond donors (Lipinski definition) is 0. The van der Waals surface area contributed by atoms with Gasteiger partial charge in [0.05, 0.1) is 35.9 Å². The molecule has 14 heteroatoms. The summed E-state index contributed by atoms with van der Waals surface area (Å²) in [5.74, 6) is -2.76. The first kappa shape index (κ1) is 23.8. The number of carbonyl (C=O) groups is 1. The van der Waals surface area contributed by atoms with Crippen LogP contribution in [0.4, 0.5) is 13.2 Å². The Morgan fingerprint density at radius 3 is 2.66 bits per heavy atom. The summed E-state index contributed by atoms with van der Waals surface area (Å²) in [5.41, 5.74) is -2.05. The zero-order valence-corrected chi connectivity index (χ0v) is 18.4. The van der Waals surface area contributed by atoms with Gasteiger partial charge in [-0.15, -0.1) is 5.11 Å². The van der Waals surface area contributed by atoms with Crippen molar-refractivity contribution in [1.29, 1.82) is 5.26 Å². The number of nitrogens with zero attached hydrogens (tertiary/aromatic N) is 7. The maximum atomic E-state index is 13.6. The molecule has 178 valence electrons. The van der Waals surface area contributed by atoms with E-state index in [9.17, 15) is 22.8 Å². The fourth-order valence-corrected chi connectivity index (χ4v) is 3.54. The highest BCUT2D eigenvalue weighted by atomic mass is 35.5. The van der Waals surface area contributed by atoms with Crippen LogP contribution in [0.15, 0.2) is 63.6 Å². The van der Waals surface area contributed by atoms with E-state index in [0.29, 0.717) is 12.0 Å². The van der Waals surface area contributed by atoms with Gasteiger partial charge in [0.2, 0.25) is 5.75 Å². The number of benzene rings is 1. The monoisotopic (exact) mass is 503 g/mol. The second-order valence-electron chi connectivity index (χ2n) is 7.30. The van der Waals surface area contributed by atoms with E-state index >= 15 is 0 Å². The molecule has 0 bridgehead atoms. The quantitative estimate of drug-likeness (QED) is 0.518. The van der Waals surface area contributed by atoms with Crippen molar-refractivity contribution in [3.63, 3.8) is 0 Å². The molecule has 4 rings (SSSR count). The minimum absolute atomic E-state index is 0.0175. The number of rotatable bonds is 5. The largest absolute Gasteiger partial charge is 0.449 e. The van der Waals surface area contributed by atoms with Crippen LogP contribution in [-0.4, -0.2) is 25.2 Å². The Morgan fingerprint density at radius 1 is 1.23 bits per heavy atom. The molecule has 0 saturated heterocycles. The lowest BCUT2D eigenvalue weighted by atomic mass is 10.0. The average molecular weight is 504 g/mol. The maximum Gasteiger partial charge on any atom is 0.437 e. The Kier molecular flexibility index (Phi) is 6.23. The Hall–Kier alpha value is -4.31. The van der Waals surface area contributed by atoms with E-state index in [4.69, 9.17) is 21.6 Å². The van der Waals surface area contributed by atoms with Crippen LogP contribution in [0.5, 0.6) is 11.5 Å². The van der Waals surface area contributed by atoms with Gasteiger partial charge >= 0.3 is 6.18 Å². The molecular weight excluding hydrogens is 491 g/mol. The van der Waals surface area contributed by atoms with E-state index in [2.05, 4.69) is 20.3 Å². The van der Waals surface area contributed by atoms with Crippen LogP contribution in [-0.2, 0) is 24.6 Å². The predicted molar refractivity (Wildman–Crippen MR) is 114 cm³/mol. The number of amides is 1. The maximum absolute atomic E-state index is 13.6. The molecule has 10 nitrogen and oxygen atoms in total. The molecule has 0 aliphatic carbocycles. The summed E-state index contributed by atoms with van der Waals surface area (Å²) in [6.07, 6.45) is -1.38. The van der Waals surface area contributed by atoms with E-state index in [-0.39, 0.29) is 28.6 Å². The topological polar surface area (TPSA) is 128 Å². The molecule has 0 N–H and O–H groups in total. The van der Waals surface area contributed by atoms with Gasteiger partial charge in [-0.25, -0.2) is 4.98 Å². The summed E-state index contributed by atoms with van der Waals surface area (Å²) in [6, 6.07) is 6.96. The first-order chi connectivity index (χ1) is 16.6. The lowest BCUT2D eigenvalue weighted by Gasteiger charge is -2.17. The van der Waals surface area contributed by atoms with Crippen LogP contribution in [0, 0.1) is 11.3 Å². The SMILES string of the molecule is Cn1nccc1C1C=C(Cn2cnc(C(F)(F)F)c(Oc3cc(Cl)cc(C#N)c3)c2=O)N=NC1=O. The lowest BCUT2D eigenvalue weighted by molar-refractivity contribution is -0.142. The van der Waals surface area contributed by atoms with Crippen LogP contribution in [0.3, 0.4) is 0 Å². The van der Waals surface area contributed by atoms with Gasteiger partial charge in [-0.2, -0.15) is 28.6 Å². The Bertz CT molecular complexity index is 1480. The van der Waals surface area contributed by atoms with E-state index < -0.39 is 35.0 Å². The molecule has 3 heterocycles. The van der Waals surface area contributed by atoms with Gasteiger partial charge in [-0.1, -0.05) is 11.6 Å². The molecule has 35 heavy (non-hydrogen) atoms. The number of aryl methyl sites for hydroxylation is 1. The van der Waals surface area contributed by atoms with Gasteiger partial charge in [0.15, 0.2) is 5.69 Å². The van der Waals surface area contributed by atoms with E-state index in [1.807, 2.05) is 0 Å². The highest BCUT2D eigenvalue weighted by molar-refractivity contribution is 6.30. The van der Waals surface area contributed by atoms with Crippen molar-refractivity contribution in [3.8, 4) is 17.6 Å². The van der Waals surface area contributed by atoms with Gasteiger partial charge in [-0.3, -0.25) is 18.8 Å². The highest BCUT2D eigenvalue weighted by Crippen LogP contribution is 2.35. The fraction of sp³-hybridized carbons (Fsp3) is 0.190. The number of aromatic nitrogens is 4. The zero-order chi connectivity index (χ0) is 25.3. The highest BCUT2D eigenvalue weighted by Gasteiger charge is 2.39. The minimum Gasteiger partial charge on any atom is -0.449 e. The number of alkyl halides is 3. The Labute approximate surface area is 199 Å². The number of nitriles is 1. The van der Waals surface area contributed by atoms with Crippen LogP contribution in [0.1, 0.15) is 22.9 Å². The first-order valence-corrected chi connectivity index (χ1v) is 10.1. The minimum atomic E-state index is -5.01. The van der Waals surface area contributed by atoms with Crippen LogP contribution < -0.4 is 10.3 Å². The number of halogens is 4. The van der Waals surface area contributed by atoms with Crippen LogP contribution >= 0.6 is 11.6 Å². The van der Waals surface area contributed by atoms with Crippen molar-refractivity contribution < 1.29 is 22.7 Å². The third kappa shape index (κ3) is 4.97. The van der Waals surface area contributed by atoms with Crippen LogP contribution in [0.2, 0.25) is 5.02 Å². The predicted octanol–water partition coefficient (Wildman–Crippen LogP) is 3.97. The third-order valence-corrected chi connectivity index (χ3v) is 5.12. The molecule has 0 fully saturated rings. The summed E-state index contributed by atoms with van der Waals surface area (Å²) >= 11 is 5.89.